The summed E-state index contributed by atoms with van der Waals surface area (Å²) in [5, 5.41) is 3.88. The Balaban J connectivity index is 2.29. The zero-order chi connectivity index (χ0) is 17.2. The topological polar surface area (TPSA) is 102 Å². The summed E-state index contributed by atoms with van der Waals surface area (Å²) >= 11 is 0.993. The number of anilines is 1. The maximum Gasteiger partial charge on any atom is 0.308 e. The molecule has 0 saturated carbocycles. The maximum atomic E-state index is 12.3. The van der Waals surface area contributed by atoms with Gasteiger partial charge in [-0.25, -0.2) is 13.4 Å². The van der Waals surface area contributed by atoms with E-state index in [-0.39, 0.29) is 21.5 Å². The van der Waals surface area contributed by atoms with Crippen LogP contribution in [-0.4, -0.2) is 31.5 Å². The lowest BCUT2D eigenvalue weighted by molar-refractivity contribution is -0.131. The summed E-state index contributed by atoms with van der Waals surface area (Å²) in [4.78, 5) is 27.4. The molecule has 0 aliphatic rings. The summed E-state index contributed by atoms with van der Waals surface area (Å²) in [6.07, 6.45) is 1.03. The normalized spacial score (nSPS) is 11.1. The second kappa shape index (κ2) is 6.47. The van der Waals surface area contributed by atoms with Gasteiger partial charge in [0, 0.05) is 18.6 Å². The highest BCUT2D eigenvalue weighted by molar-refractivity contribution is 7.90. The van der Waals surface area contributed by atoms with E-state index in [0.29, 0.717) is 5.56 Å². The number of amides is 1. The average Bonchev–Trinajstić information content (AvgIpc) is 2.89. The van der Waals surface area contributed by atoms with Gasteiger partial charge in [0.05, 0.1) is 5.56 Å². The van der Waals surface area contributed by atoms with Gasteiger partial charge in [0.15, 0.2) is 20.0 Å². The van der Waals surface area contributed by atoms with Gasteiger partial charge in [0.2, 0.25) is 0 Å². The molecule has 0 unspecified atom stereocenters. The molecule has 0 radical (unpaired) electrons. The van der Waals surface area contributed by atoms with Crippen molar-refractivity contribution in [2.75, 3.05) is 11.6 Å². The van der Waals surface area contributed by atoms with Gasteiger partial charge < -0.3 is 4.74 Å². The number of sulfone groups is 1. The summed E-state index contributed by atoms with van der Waals surface area (Å²) in [6, 6.07) is 4.87. The van der Waals surface area contributed by atoms with Crippen LogP contribution in [0.2, 0.25) is 0 Å². The van der Waals surface area contributed by atoms with E-state index >= 15 is 0 Å². The van der Waals surface area contributed by atoms with Crippen LogP contribution >= 0.6 is 11.3 Å². The van der Waals surface area contributed by atoms with E-state index < -0.39 is 21.7 Å². The lowest BCUT2D eigenvalue weighted by Gasteiger charge is -2.10. The molecule has 0 aliphatic carbocycles. The molecule has 0 aliphatic heterocycles. The van der Waals surface area contributed by atoms with Gasteiger partial charge in [-0.05, 0) is 18.6 Å². The number of para-hydroxylation sites is 1. The predicted molar refractivity (Wildman–Crippen MR) is 85.7 cm³/mol. The van der Waals surface area contributed by atoms with Gasteiger partial charge in [-0.1, -0.05) is 12.1 Å². The van der Waals surface area contributed by atoms with E-state index in [9.17, 15) is 18.0 Å². The smallest absolute Gasteiger partial charge is 0.308 e. The molecule has 0 saturated heterocycles. The molecule has 0 fully saturated rings. The minimum atomic E-state index is -3.43. The summed E-state index contributed by atoms with van der Waals surface area (Å²) < 4.78 is 27.9. The number of ether oxygens (including phenoxy) is 1. The maximum absolute atomic E-state index is 12.3. The molecule has 7 nitrogen and oxygen atoms in total. The molecule has 2 rings (SSSR count). The Morgan fingerprint density at radius 2 is 2.00 bits per heavy atom. The highest BCUT2D eigenvalue weighted by Crippen LogP contribution is 2.26. The molecule has 1 N–H and O–H groups in total. The molecule has 1 aromatic heterocycles. The number of esters is 1. The summed E-state index contributed by atoms with van der Waals surface area (Å²) in [5.41, 5.74) is 0.792. The Bertz CT molecular complexity index is 871. The number of hydrogen-bond acceptors (Lipinski definition) is 7. The van der Waals surface area contributed by atoms with Crippen LogP contribution in [0.15, 0.2) is 28.6 Å². The fourth-order valence-corrected chi connectivity index (χ4v) is 3.49. The highest BCUT2D eigenvalue weighted by atomic mass is 32.2. The monoisotopic (exact) mass is 354 g/mol. The Morgan fingerprint density at radius 3 is 2.57 bits per heavy atom. The van der Waals surface area contributed by atoms with Crippen molar-refractivity contribution in [3.8, 4) is 5.75 Å². The first-order chi connectivity index (χ1) is 10.7. The average molecular weight is 354 g/mol. The van der Waals surface area contributed by atoms with Crippen molar-refractivity contribution in [3.05, 3.63) is 34.7 Å². The van der Waals surface area contributed by atoms with Crippen molar-refractivity contribution in [3.63, 3.8) is 0 Å². The second-order valence-electron chi connectivity index (χ2n) is 4.76. The van der Waals surface area contributed by atoms with E-state index in [1.165, 1.54) is 18.4 Å². The van der Waals surface area contributed by atoms with E-state index in [1.54, 1.807) is 19.1 Å². The standard InChI is InChI=1S/C14H14N2O5S2/c1-8-5-4-6-10(12(8)21-9(2)17)13(18)16-14-15-11(7-22-14)23(3,19)20/h4-7H,1-3H3,(H,15,16,18). The number of thiazole rings is 1. The minimum absolute atomic E-state index is 0.109. The number of nitrogens with zero attached hydrogens (tertiary/aromatic N) is 1. The molecular formula is C14H14N2O5S2. The van der Waals surface area contributed by atoms with E-state index in [0.717, 1.165) is 17.6 Å². The Kier molecular flexibility index (Phi) is 4.81. The van der Waals surface area contributed by atoms with Crippen LogP contribution in [0.3, 0.4) is 0 Å². The fourth-order valence-electron chi connectivity index (χ4n) is 1.76. The third-order valence-corrected chi connectivity index (χ3v) is 4.66. The van der Waals surface area contributed by atoms with Crippen molar-refractivity contribution in [1.29, 1.82) is 0 Å². The molecule has 2 aromatic rings. The molecule has 1 amide bonds. The molecule has 0 bridgehead atoms. The second-order valence-corrected chi connectivity index (χ2v) is 7.58. The summed E-state index contributed by atoms with van der Waals surface area (Å²) in [5.74, 6) is -0.918. The van der Waals surface area contributed by atoms with Crippen LogP contribution in [0.4, 0.5) is 5.13 Å². The van der Waals surface area contributed by atoms with Crippen molar-refractivity contribution in [2.24, 2.45) is 0 Å². The third kappa shape index (κ3) is 4.14. The van der Waals surface area contributed by atoms with Crippen LogP contribution in [0.25, 0.3) is 0 Å². The first kappa shape index (κ1) is 17.1. The van der Waals surface area contributed by atoms with Gasteiger partial charge in [0.25, 0.3) is 5.91 Å². The van der Waals surface area contributed by atoms with Crippen molar-refractivity contribution < 1.29 is 22.7 Å². The van der Waals surface area contributed by atoms with Gasteiger partial charge in [0.1, 0.15) is 5.75 Å². The number of benzene rings is 1. The number of hydrogen-bond donors (Lipinski definition) is 1. The van der Waals surface area contributed by atoms with Gasteiger partial charge >= 0.3 is 5.97 Å². The first-order valence-corrected chi connectivity index (χ1v) is 9.20. The van der Waals surface area contributed by atoms with Crippen LogP contribution < -0.4 is 10.1 Å². The number of nitrogens with one attached hydrogen (secondary N) is 1. The molecule has 122 valence electrons. The van der Waals surface area contributed by atoms with Crippen LogP contribution in [0.5, 0.6) is 5.75 Å². The van der Waals surface area contributed by atoms with Gasteiger partial charge in [-0.2, -0.15) is 0 Å². The number of aryl methyl sites for hydroxylation is 1. The number of rotatable bonds is 4. The molecular weight excluding hydrogens is 340 g/mol. The van der Waals surface area contributed by atoms with E-state index in [1.807, 2.05) is 0 Å². The van der Waals surface area contributed by atoms with Crippen LogP contribution in [0.1, 0.15) is 22.8 Å². The number of aromatic nitrogens is 1. The third-order valence-electron chi connectivity index (χ3n) is 2.79. The van der Waals surface area contributed by atoms with Crippen LogP contribution in [-0.2, 0) is 14.6 Å². The Labute approximate surface area is 137 Å². The highest BCUT2D eigenvalue weighted by Gasteiger charge is 2.19. The summed E-state index contributed by atoms with van der Waals surface area (Å²) in [6.45, 7) is 2.95. The minimum Gasteiger partial charge on any atom is -0.426 e. The van der Waals surface area contributed by atoms with Crippen molar-refractivity contribution >= 4 is 38.2 Å². The largest absolute Gasteiger partial charge is 0.426 e. The number of carbonyl (C=O) groups excluding carboxylic acids is 2. The van der Waals surface area contributed by atoms with E-state index in [4.69, 9.17) is 4.74 Å². The molecule has 23 heavy (non-hydrogen) atoms. The Morgan fingerprint density at radius 1 is 1.30 bits per heavy atom. The number of carbonyl (C=O) groups is 2. The van der Waals surface area contributed by atoms with E-state index in [2.05, 4.69) is 10.3 Å². The Hall–Kier alpha value is -2.26. The molecule has 1 heterocycles. The van der Waals surface area contributed by atoms with Crippen molar-refractivity contribution in [1.82, 2.24) is 4.98 Å². The lowest BCUT2D eigenvalue weighted by atomic mass is 10.1. The molecule has 0 spiro atoms. The summed E-state index contributed by atoms with van der Waals surface area (Å²) in [7, 11) is -3.43. The fraction of sp³-hybridized carbons (Fsp3) is 0.214. The zero-order valence-electron chi connectivity index (χ0n) is 12.6. The van der Waals surface area contributed by atoms with Crippen molar-refractivity contribution in [2.45, 2.75) is 18.9 Å². The first-order valence-electron chi connectivity index (χ1n) is 6.43. The molecule has 0 atom stereocenters. The van der Waals surface area contributed by atoms with Gasteiger partial charge in [-0.15, -0.1) is 11.3 Å². The molecule has 1 aromatic carbocycles. The molecule has 9 heteroatoms. The lowest BCUT2D eigenvalue weighted by Crippen LogP contribution is -2.15. The van der Waals surface area contributed by atoms with Crippen LogP contribution in [0, 0.1) is 6.92 Å². The quantitative estimate of drug-likeness (QED) is 0.666. The predicted octanol–water partition coefficient (Wildman–Crippen LogP) is 2.03. The SMILES string of the molecule is CC(=O)Oc1c(C)cccc1C(=O)Nc1nc(S(C)(=O)=O)cs1. The zero-order valence-corrected chi connectivity index (χ0v) is 14.2. The van der Waals surface area contributed by atoms with Gasteiger partial charge in [-0.3, -0.25) is 14.9 Å².